The molecule has 5 rings (SSSR count). The third-order valence-electron chi connectivity index (χ3n) is 6.73. The van der Waals surface area contributed by atoms with E-state index in [1.807, 2.05) is 0 Å². The number of aromatic nitrogens is 1. The lowest BCUT2D eigenvalue weighted by molar-refractivity contribution is 0.185. The number of aromatic amines is 1. The van der Waals surface area contributed by atoms with E-state index in [2.05, 4.69) is 41.9 Å². The molecule has 0 amide bonds. The van der Waals surface area contributed by atoms with E-state index in [-0.39, 0.29) is 0 Å². The van der Waals surface area contributed by atoms with Crippen molar-refractivity contribution in [1.29, 1.82) is 0 Å². The molecule has 23 heavy (non-hydrogen) atoms. The third kappa shape index (κ3) is 1.80. The molecule has 122 valence electrons. The van der Waals surface area contributed by atoms with Gasteiger partial charge in [-0.25, -0.2) is 0 Å². The quantitative estimate of drug-likeness (QED) is 0.914. The van der Waals surface area contributed by atoms with Crippen molar-refractivity contribution >= 4 is 10.9 Å². The monoisotopic (exact) mass is 310 g/mol. The number of methoxy groups -OCH3 is 1. The Morgan fingerprint density at radius 1 is 1.30 bits per heavy atom. The topological polar surface area (TPSA) is 28.3 Å². The van der Waals surface area contributed by atoms with Gasteiger partial charge in [-0.1, -0.05) is 13.8 Å². The molecule has 3 heteroatoms. The first kappa shape index (κ1) is 13.9. The Morgan fingerprint density at radius 2 is 2.17 bits per heavy atom. The molecule has 0 radical (unpaired) electrons. The molecule has 2 aromatic rings. The number of nitrogens with one attached hydrogen (secondary N) is 1. The molecule has 2 fully saturated rings. The maximum Gasteiger partial charge on any atom is 0.119 e. The van der Waals surface area contributed by atoms with Crippen molar-refractivity contribution in [3.05, 3.63) is 29.5 Å². The van der Waals surface area contributed by atoms with Crippen molar-refractivity contribution in [3.63, 3.8) is 0 Å². The van der Waals surface area contributed by atoms with Gasteiger partial charge >= 0.3 is 0 Å². The number of rotatable bonds is 2. The van der Waals surface area contributed by atoms with Gasteiger partial charge in [0.25, 0.3) is 0 Å². The van der Waals surface area contributed by atoms with Crippen LogP contribution in [0.4, 0.5) is 0 Å². The zero-order valence-electron chi connectivity index (χ0n) is 14.3. The van der Waals surface area contributed by atoms with Gasteiger partial charge in [0.1, 0.15) is 5.75 Å². The fourth-order valence-electron chi connectivity index (χ4n) is 5.97. The van der Waals surface area contributed by atoms with Crippen LogP contribution in [0.25, 0.3) is 10.9 Å². The minimum Gasteiger partial charge on any atom is -0.497 e. The van der Waals surface area contributed by atoms with Crippen LogP contribution in [-0.2, 0) is 6.42 Å². The first-order chi connectivity index (χ1) is 11.2. The average Bonchev–Trinajstić information content (AvgIpc) is 3.19. The van der Waals surface area contributed by atoms with E-state index in [1.54, 1.807) is 12.7 Å². The van der Waals surface area contributed by atoms with E-state index >= 15 is 0 Å². The van der Waals surface area contributed by atoms with Crippen LogP contribution in [0.3, 0.4) is 0 Å². The van der Waals surface area contributed by atoms with Gasteiger partial charge in [-0.3, -0.25) is 4.90 Å². The standard InChI is InChI=1S/C20H26N2O/c1-11(2)18-12-8-16-19-14(6-7-22(10-12)20(16)18)15-9-13(23-3)4-5-17(15)21-19/h4-5,9,11-12,16,18,20-21H,6-8,10H2,1-3H3/t12-,16+,18-,20-/m1/s1. The molecule has 1 N–H and O–H groups in total. The largest absolute Gasteiger partial charge is 0.497 e. The van der Waals surface area contributed by atoms with Crippen LogP contribution in [0.1, 0.15) is 37.4 Å². The number of hydrogen-bond donors (Lipinski definition) is 1. The molecule has 3 aliphatic rings. The zero-order chi connectivity index (χ0) is 15.7. The van der Waals surface area contributed by atoms with Gasteiger partial charge in [0, 0.05) is 41.6 Å². The van der Waals surface area contributed by atoms with Crippen LogP contribution in [0.5, 0.6) is 5.75 Å². The van der Waals surface area contributed by atoms with Crippen molar-refractivity contribution < 1.29 is 4.74 Å². The lowest BCUT2D eigenvalue weighted by atomic mass is 9.86. The number of nitrogens with zero attached hydrogens (tertiary/aromatic N) is 1. The first-order valence-corrected chi connectivity index (χ1v) is 9.10. The Morgan fingerprint density at radius 3 is 2.91 bits per heavy atom. The number of ether oxygens (including phenoxy) is 1. The molecule has 1 saturated carbocycles. The second-order valence-corrected chi connectivity index (χ2v) is 8.09. The summed E-state index contributed by atoms with van der Waals surface area (Å²) in [6, 6.07) is 7.24. The van der Waals surface area contributed by atoms with Gasteiger partial charge in [-0.15, -0.1) is 0 Å². The van der Waals surface area contributed by atoms with Gasteiger partial charge < -0.3 is 9.72 Å². The molecule has 2 bridgehead atoms. The van der Waals surface area contributed by atoms with Gasteiger partial charge in [-0.2, -0.15) is 0 Å². The van der Waals surface area contributed by atoms with Gasteiger partial charge in [0.15, 0.2) is 0 Å². The summed E-state index contributed by atoms with van der Waals surface area (Å²) in [5, 5.41) is 1.38. The zero-order valence-corrected chi connectivity index (χ0v) is 14.3. The number of hydrogen-bond acceptors (Lipinski definition) is 2. The molecule has 1 aromatic carbocycles. The fourth-order valence-corrected chi connectivity index (χ4v) is 5.97. The third-order valence-corrected chi connectivity index (χ3v) is 6.73. The summed E-state index contributed by atoms with van der Waals surface area (Å²) < 4.78 is 5.45. The molecule has 1 aliphatic carbocycles. The Labute approximate surface area is 138 Å². The van der Waals surface area contributed by atoms with Crippen molar-refractivity contribution in [2.45, 2.75) is 38.6 Å². The highest BCUT2D eigenvalue weighted by atomic mass is 16.5. The summed E-state index contributed by atoms with van der Waals surface area (Å²) >= 11 is 0. The Kier molecular flexibility index (Phi) is 2.88. The number of H-pyrrole nitrogens is 1. The smallest absolute Gasteiger partial charge is 0.119 e. The lowest BCUT2D eigenvalue weighted by Crippen LogP contribution is -2.38. The van der Waals surface area contributed by atoms with E-state index in [4.69, 9.17) is 4.74 Å². The molecule has 2 aliphatic heterocycles. The summed E-state index contributed by atoms with van der Waals surface area (Å²) in [4.78, 5) is 6.59. The molecule has 0 spiro atoms. The molecular weight excluding hydrogens is 284 g/mol. The summed E-state index contributed by atoms with van der Waals surface area (Å²) in [6.07, 6.45) is 2.55. The molecule has 0 unspecified atom stereocenters. The van der Waals surface area contributed by atoms with Crippen molar-refractivity contribution in [2.75, 3.05) is 20.2 Å². The van der Waals surface area contributed by atoms with Crippen LogP contribution < -0.4 is 4.74 Å². The minimum absolute atomic E-state index is 0.706. The maximum atomic E-state index is 5.45. The second kappa shape index (κ2) is 4.76. The molecule has 3 nitrogen and oxygen atoms in total. The predicted molar refractivity (Wildman–Crippen MR) is 93.1 cm³/mol. The van der Waals surface area contributed by atoms with E-state index in [0.717, 1.165) is 29.5 Å². The van der Waals surface area contributed by atoms with E-state index in [9.17, 15) is 0 Å². The van der Waals surface area contributed by atoms with E-state index in [0.29, 0.717) is 5.92 Å². The van der Waals surface area contributed by atoms with E-state index in [1.165, 1.54) is 42.5 Å². The number of fused-ring (bicyclic) bond motifs is 5. The normalized spacial score (nSPS) is 32.5. The first-order valence-electron chi connectivity index (χ1n) is 9.10. The Bertz CT molecular complexity index is 762. The average molecular weight is 310 g/mol. The predicted octanol–water partition coefficient (Wildman–Crippen LogP) is 3.79. The van der Waals surface area contributed by atoms with Crippen molar-refractivity contribution in [1.82, 2.24) is 9.88 Å². The molecule has 3 heterocycles. The van der Waals surface area contributed by atoms with Crippen molar-refractivity contribution in [2.24, 2.45) is 17.8 Å². The van der Waals surface area contributed by atoms with Crippen LogP contribution in [0.2, 0.25) is 0 Å². The summed E-state index contributed by atoms with van der Waals surface area (Å²) in [5.74, 6) is 4.25. The SMILES string of the molecule is COc1ccc2[nH]c3c(c2c1)CCN1C[C@H]2C[C@@H]3[C@@H]1[C@@H]2C(C)C. The second-order valence-electron chi connectivity index (χ2n) is 8.09. The fraction of sp³-hybridized carbons (Fsp3) is 0.600. The summed E-state index contributed by atoms with van der Waals surface area (Å²) in [7, 11) is 1.76. The number of piperidine rings is 1. The van der Waals surface area contributed by atoms with Gasteiger partial charge in [-0.05, 0) is 54.4 Å². The lowest BCUT2D eigenvalue weighted by Gasteiger charge is -2.31. The summed E-state index contributed by atoms with van der Waals surface area (Å²) in [6.45, 7) is 7.39. The molecule has 1 aromatic heterocycles. The van der Waals surface area contributed by atoms with Gasteiger partial charge in [0.05, 0.1) is 7.11 Å². The van der Waals surface area contributed by atoms with Gasteiger partial charge in [0.2, 0.25) is 0 Å². The highest BCUT2D eigenvalue weighted by molar-refractivity contribution is 5.86. The maximum absolute atomic E-state index is 5.45. The van der Waals surface area contributed by atoms with Crippen LogP contribution in [0, 0.1) is 17.8 Å². The highest BCUT2D eigenvalue weighted by Gasteiger charge is 2.55. The minimum atomic E-state index is 0.706. The number of benzene rings is 1. The Balaban J connectivity index is 1.65. The van der Waals surface area contributed by atoms with Crippen molar-refractivity contribution in [3.8, 4) is 5.75 Å². The Hall–Kier alpha value is -1.48. The van der Waals surface area contributed by atoms with Crippen LogP contribution in [0.15, 0.2) is 18.2 Å². The summed E-state index contributed by atoms with van der Waals surface area (Å²) in [5.41, 5.74) is 4.38. The van der Waals surface area contributed by atoms with Crippen LogP contribution in [-0.4, -0.2) is 36.1 Å². The molecule has 4 atom stereocenters. The molecule has 1 saturated heterocycles. The molecular formula is C20H26N2O. The van der Waals surface area contributed by atoms with Crippen LogP contribution >= 0.6 is 0 Å². The highest BCUT2D eigenvalue weighted by Crippen LogP contribution is 2.55. The van der Waals surface area contributed by atoms with E-state index < -0.39 is 0 Å².